The average Bonchev–Trinajstić information content (AvgIpc) is 3.28. The van der Waals surface area contributed by atoms with Gasteiger partial charge in [-0.15, -0.1) is 0 Å². The minimum absolute atomic E-state index is 0.0227. The predicted octanol–water partition coefficient (Wildman–Crippen LogP) is 2.78. The number of nitro groups is 1. The van der Waals surface area contributed by atoms with Crippen molar-refractivity contribution in [2.75, 3.05) is 39.8 Å². The van der Waals surface area contributed by atoms with E-state index in [4.69, 9.17) is 0 Å². The fraction of sp³-hybridized carbons (Fsp3) is 0.636. The molecule has 1 heterocycles. The van der Waals surface area contributed by atoms with Crippen LogP contribution in [0.4, 0.5) is 5.69 Å². The van der Waals surface area contributed by atoms with E-state index < -0.39 is 4.92 Å². The monoisotopic (exact) mass is 416 g/mol. The van der Waals surface area contributed by atoms with E-state index in [9.17, 15) is 19.7 Å². The maximum atomic E-state index is 13.2. The second-order valence-corrected chi connectivity index (χ2v) is 8.38. The summed E-state index contributed by atoms with van der Waals surface area (Å²) in [5.41, 5.74) is 0.436. The fourth-order valence-electron chi connectivity index (χ4n) is 4.71. The Kier molecular flexibility index (Phi) is 7.42. The Bertz CT molecular complexity index is 753. The van der Waals surface area contributed by atoms with Crippen LogP contribution in [0.1, 0.15) is 49.4 Å². The Morgan fingerprint density at radius 2 is 1.73 bits per heavy atom. The van der Waals surface area contributed by atoms with Crippen molar-refractivity contribution in [1.29, 1.82) is 0 Å². The molecule has 0 unspecified atom stereocenters. The lowest BCUT2D eigenvalue weighted by Crippen LogP contribution is -2.58. The second kappa shape index (κ2) is 10.0. The molecule has 8 nitrogen and oxygen atoms in total. The van der Waals surface area contributed by atoms with Gasteiger partial charge in [0, 0.05) is 57.5 Å². The summed E-state index contributed by atoms with van der Waals surface area (Å²) in [6, 6.07) is 5.65. The zero-order valence-electron chi connectivity index (χ0n) is 18.0. The van der Waals surface area contributed by atoms with Crippen LogP contribution in [0.15, 0.2) is 24.3 Å². The van der Waals surface area contributed by atoms with Gasteiger partial charge in [0.05, 0.1) is 11.0 Å². The number of piperazine rings is 1. The van der Waals surface area contributed by atoms with Gasteiger partial charge in [-0.05, 0) is 37.3 Å². The number of carbonyl (C=O) groups excluding carboxylic acids is 2. The van der Waals surface area contributed by atoms with Crippen LogP contribution in [-0.4, -0.2) is 77.3 Å². The normalized spacial score (nSPS) is 18.9. The lowest BCUT2D eigenvalue weighted by molar-refractivity contribution is -0.384. The molecule has 8 heteroatoms. The van der Waals surface area contributed by atoms with Crippen molar-refractivity contribution in [3.8, 4) is 0 Å². The summed E-state index contributed by atoms with van der Waals surface area (Å²) in [5, 5.41) is 10.8. The first-order valence-electron chi connectivity index (χ1n) is 10.9. The highest BCUT2D eigenvalue weighted by molar-refractivity contribution is 5.94. The summed E-state index contributed by atoms with van der Waals surface area (Å²) in [6.07, 6.45) is 5.50. The van der Waals surface area contributed by atoms with Crippen molar-refractivity contribution in [3.05, 3.63) is 39.9 Å². The number of rotatable bonds is 7. The Hall–Kier alpha value is -2.48. The largest absolute Gasteiger partial charge is 0.344 e. The van der Waals surface area contributed by atoms with E-state index in [1.54, 1.807) is 4.90 Å². The molecule has 1 aromatic rings. The highest BCUT2D eigenvalue weighted by Gasteiger charge is 2.38. The molecule has 164 valence electrons. The van der Waals surface area contributed by atoms with E-state index in [1.165, 1.54) is 37.1 Å². The molecule has 0 bridgehead atoms. The molecule has 2 aliphatic rings. The third-order valence-corrected chi connectivity index (χ3v) is 6.35. The molecule has 0 spiro atoms. The number of nitrogens with zero attached hydrogens (tertiary/aromatic N) is 4. The van der Waals surface area contributed by atoms with Crippen LogP contribution >= 0.6 is 0 Å². The molecule has 2 amide bonds. The molecule has 1 aliphatic heterocycles. The van der Waals surface area contributed by atoms with Gasteiger partial charge in [0.15, 0.2) is 0 Å². The van der Waals surface area contributed by atoms with Crippen LogP contribution in [0.3, 0.4) is 0 Å². The van der Waals surface area contributed by atoms with Crippen LogP contribution < -0.4 is 0 Å². The standard InChI is InChI=1S/C22H32N4O4/c1-3-12-23(2)22(28)20(17-6-4-5-7-17)24-13-15-25(16-14-24)21(27)18-8-10-19(11-9-18)26(29)30/h8-11,17,20H,3-7,12-16H2,1-2H3/t20-/m0/s1. The Morgan fingerprint density at radius 1 is 1.13 bits per heavy atom. The zero-order valence-corrected chi connectivity index (χ0v) is 18.0. The van der Waals surface area contributed by atoms with Gasteiger partial charge in [-0.2, -0.15) is 0 Å². The summed E-state index contributed by atoms with van der Waals surface area (Å²) in [4.78, 5) is 42.2. The van der Waals surface area contributed by atoms with Gasteiger partial charge in [0.1, 0.15) is 0 Å². The van der Waals surface area contributed by atoms with Gasteiger partial charge in [-0.25, -0.2) is 0 Å². The first kappa shape index (κ1) is 22.2. The molecule has 1 aliphatic carbocycles. The Labute approximate surface area is 178 Å². The number of hydrogen-bond acceptors (Lipinski definition) is 5. The van der Waals surface area contributed by atoms with E-state index in [0.29, 0.717) is 37.7 Å². The molecule has 2 fully saturated rings. The molecule has 0 radical (unpaired) electrons. The molecule has 1 saturated heterocycles. The van der Waals surface area contributed by atoms with E-state index in [-0.39, 0.29) is 23.5 Å². The van der Waals surface area contributed by atoms with E-state index in [1.807, 2.05) is 11.9 Å². The smallest absolute Gasteiger partial charge is 0.269 e. The maximum Gasteiger partial charge on any atom is 0.269 e. The van der Waals surface area contributed by atoms with Gasteiger partial charge < -0.3 is 9.80 Å². The summed E-state index contributed by atoms with van der Waals surface area (Å²) in [6.45, 7) is 5.31. The molecular formula is C22H32N4O4. The van der Waals surface area contributed by atoms with Crippen molar-refractivity contribution in [2.24, 2.45) is 5.92 Å². The van der Waals surface area contributed by atoms with E-state index >= 15 is 0 Å². The van der Waals surface area contributed by atoms with Crippen molar-refractivity contribution in [1.82, 2.24) is 14.7 Å². The topological polar surface area (TPSA) is 87.0 Å². The number of likely N-dealkylation sites (N-methyl/N-ethyl adjacent to an activating group) is 1. The molecule has 0 aromatic heterocycles. The SMILES string of the molecule is CCCN(C)C(=O)[C@H](C1CCCC1)N1CCN(C(=O)c2ccc([N+](=O)[O-])cc2)CC1. The molecule has 1 aromatic carbocycles. The van der Waals surface area contributed by atoms with Crippen LogP contribution in [-0.2, 0) is 4.79 Å². The van der Waals surface area contributed by atoms with Crippen molar-refractivity contribution >= 4 is 17.5 Å². The first-order chi connectivity index (χ1) is 14.4. The highest BCUT2D eigenvalue weighted by atomic mass is 16.6. The van der Waals surface area contributed by atoms with Crippen LogP contribution in [0, 0.1) is 16.0 Å². The van der Waals surface area contributed by atoms with Crippen LogP contribution in [0.5, 0.6) is 0 Å². The van der Waals surface area contributed by atoms with E-state index in [2.05, 4.69) is 11.8 Å². The average molecular weight is 417 g/mol. The van der Waals surface area contributed by atoms with Gasteiger partial charge in [0.25, 0.3) is 11.6 Å². The molecular weight excluding hydrogens is 384 g/mol. The summed E-state index contributed by atoms with van der Waals surface area (Å²) in [5.74, 6) is 0.490. The quantitative estimate of drug-likeness (QED) is 0.504. The predicted molar refractivity (Wildman–Crippen MR) is 114 cm³/mol. The molecule has 3 rings (SSSR count). The van der Waals surface area contributed by atoms with Crippen molar-refractivity contribution < 1.29 is 14.5 Å². The third kappa shape index (κ3) is 4.98. The van der Waals surface area contributed by atoms with E-state index in [0.717, 1.165) is 25.8 Å². The fourth-order valence-corrected chi connectivity index (χ4v) is 4.71. The highest BCUT2D eigenvalue weighted by Crippen LogP contribution is 2.32. The Balaban J connectivity index is 1.64. The molecule has 30 heavy (non-hydrogen) atoms. The summed E-state index contributed by atoms with van der Waals surface area (Å²) < 4.78 is 0. The zero-order chi connectivity index (χ0) is 21.7. The van der Waals surface area contributed by atoms with Crippen LogP contribution in [0.2, 0.25) is 0 Å². The van der Waals surface area contributed by atoms with Gasteiger partial charge >= 0.3 is 0 Å². The first-order valence-corrected chi connectivity index (χ1v) is 10.9. The number of non-ortho nitro benzene ring substituents is 1. The van der Waals surface area contributed by atoms with Gasteiger partial charge in [-0.1, -0.05) is 19.8 Å². The number of hydrogen-bond donors (Lipinski definition) is 0. The lowest BCUT2D eigenvalue weighted by Gasteiger charge is -2.42. The Morgan fingerprint density at radius 3 is 2.27 bits per heavy atom. The summed E-state index contributed by atoms with van der Waals surface area (Å²) in [7, 11) is 1.89. The minimum Gasteiger partial charge on any atom is -0.344 e. The lowest BCUT2D eigenvalue weighted by atomic mass is 9.94. The third-order valence-electron chi connectivity index (χ3n) is 6.35. The summed E-state index contributed by atoms with van der Waals surface area (Å²) >= 11 is 0. The van der Waals surface area contributed by atoms with Crippen molar-refractivity contribution in [2.45, 2.75) is 45.1 Å². The van der Waals surface area contributed by atoms with Gasteiger partial charge in [-0.3, -0.25) is 24.6 Å². The molecule has 0 N–H and O–H groups in total. The van der Waals surface area contributed by atoms with Crippen molar-refractivity contribution in [3.63, 3.8) is 0 Å². The number of benzene rings is 1. The minimum atomic E-state index is -0.469. The second-order valence-electron chi connectivity index (χ2n) is 8.38. The van der Waals surface area contributed by atoms with Crippen LogP contribution in [0.25, 0.3) is 0 Å². The van der Waals surface area contributed by atoms with Gasteiger partial charge in [0.2, 0.25) is 5.91 Å². The molecule has 1 saturated carbocycles. The molecule has 1 atom stereocenters. The number of nitro benzene ring substituents is 1. The maximum absolute atomic E-state index is 13.2. The number of amides is 2. The number of carbonyl (C=O) groups is 2.